The summed E-state index contributed by atoms with van der Waals surface area (Å²) >= 11 is 0. The Morgan fingerprint density at radius 1 is 0.833 bits per heavy atom. The molecule has 0 aromatic carbocycles. The second-order valence-corrected chi connectivity index (χ2v) is 7.73. The minimum atomic E-state index is -6.25. The van der Waals surface area contributed by atoms with Crippen LogP contribution in [0, 0.1) is 11.3 Å². The molecule has 0 heterocycles. The van der Waals surface area contributed by atoms with Crippen LogP contribution in [0.25, 0.3) is 0 Å². The van der Waals surface area contributed by atoms with Crippen molar-refractivity contribution in [3.8, 4) is 0 Å². The van der Waals surface area contributed by atoms with E-state index >= 15 is 0 Å². The molecular weight excluding hydrogens is 439 g/mol. The first-order valence-electron chi connectivity index (χ1n) is 8.70. The van der Waals surface area contributed by atoms with E-state index in [-0.39, 0.29) is 13.8 Å². The van der Waals surface area contributed by atoms with Crippen molar-refractivity contribution in [3.05, 3.63) is 0 Å². The molecule has 4 nitrogen and oxygen atoms in total. The van der Waals surface area contributed by atoms with Gasteiger partial charge < -0.3 is 14.2 Å². The molecule has 0 aromatic rings. The summed E-state index contributed by atoms with van der Waals surface area (Å²) in [5.41, 5.74) is -12.2. The lowest BCUT2D eigenvalue weighted by atomic mass is 9.81. The van der Waals surface area contributed by atoms with E-state index < -0.39 is 59.7 Å². The number of hydrogen-bond donors (Lipinski definition) is 0. The fourth-order valence-electron chi connectivity index (χ4n) is 2.63. The highest BCUT2D eigenvalue weighted by Gasteiger charge is 2.81. The first kappa shape index (κ1) is 28.8. The van der Waals surface area contributed by atoms with Gasteiger partial charge in [0.1, 0.15) is 0 Å². The smallest absolute Gasteiger partial charge is 0.430 e. The number of carbonyl (C=O) groups excluding carboxylic acids is 1. The third-order valence-corrected chi connectivity index (χ3v) is 4.85. The topological polar surface area (TPSA) is 44.8 Å². The van der Waals surface area contributed by atoms with Crippen LogP contribution in [-0.2, 0) is 19.0 Å². The summed E-state index contributed by atoms with van der Waals surface area (Å²) in [6, 6.07) is 0. The van der Waals surface area contributed by atoms with Gasteiger partial charge in [-0.2, -0.15) is 39.5 Å². The molecule has 30 heavy (non-hydrogen) atoms. The minimum Gasteiger partial charge on any atom is -0.455 e. The largest absolute Gasteiger partial charge is 0.455 e. The van der Waals surface area contributed by atoms with Gasteiger partial charge in [0, 0.05) is 13.0 Å². The minimum absolute atomic E-state index is 0.186. The predicted molar refractivity (Wildman–Crippen MR) is 86.2 cm³/mol. The monoisotopic (exact) mass is 464 g/mol. The predicted octanol–water partition coefficient (Wildman–Crippen LogP) is 5.80. The molecule has 0 spiro atoms. The maximum atomic E-state index is 13.9. The fraction of sp³-hybridized carbons (Fsp3) is 0.941. The maximum Gasteiger partial charge on any atom is 0.430 e. The molecular formula is C17H25F9O4. The summed E-state index contributed by atoms with van der Waals surface area (Å²) in [5.74, 6) is -3.33. The molecule has 0 aliphatic carbocycles. The molecule has 0 N–H and O–H groups in total. The fourth-order valence-corrected chi connectivity index (χ4v) is 2.63. The highest BCUT2D eigenvalue weighted by atomic mass is 19.4. The van der Waals surface area contributed by atoms with Crippen LogP contribution in [0.15, 0.2) is 0 Å². The van der Waals surface area contributed by atoms with E-state index in [2.05, 4.69) is 14.2 Å². The zero-order valence-corrected chi connectivity index (χ0v) is 17.4. The van der Waals surface area contributed by atoms with Crippen molar-refractivity contribution < 1.29 is 58.5 Å². The number of methoxy groups -OCH3 is 1. The Morgan fingerprint density at radius 2 is 1.23 bits per heavy atom. The van der Waals surface area contributed by atoms with Gasteiger partial charge in [-0.3, -0.25) is 4.79 Å². The van der Waals surface area contributed by atoms with E-state index in [1.54, 1.807) is 0 Å². The van der Waals surface area contributed by atoms with Crippen molar-refractivity contribution in [2.75, 3.05) is 7.11 Å². The van der Waals surface area contributed by atoms with Gasteiger partial charge in [0.15, 0.2) is 17.3 Å². The molecule has 2 unspecified atom stereocenters. The number of ether oxygens (including phenoxy) is 3. The lowest BCUT2D eigenvalue weighted by Gasteiger charge is -2.48. The lowest BCUT2D eigenvalue weighted by Crippen LogP contribution is -2.73. The molecule has 0 fully saturated rings. The summed E-state index contributed by atoms with van der Waals surface area (Å²) in [6.07, 6.45) is -20.8. The van der Waals surface area contributed by atoms with Gasteiger partial charge in [0.05, 0.1) is 0 Å². The number of esters is 1. The lowest BCUT2D eigenvalue weighted by molar-refractivity contribution is -0.446. The third-order valence-electron chi connectivity index (χ3n) is 4.85. The average Bonchev–Trinajstić information content (AvgIpc) is 2.49. The molecule has 0 amide bonds. The van der Waals surface area contributed by atoms with E-state index in [1.165, 1.54) is 13.8 Å². The highest BCUT2D eigenvalue weighted by molar-refractivity contribution is 5.78. The zero-order valence-electron chi connectivity index (χ0n) is 17.4. The first-order valence-corrected chi connectivity index (χ1v) is 8.70. The average molecular weight is 464 g/mol. The molecule has 2 atom stereocenters. The van der Waals surface area contributed by atoms with Gasteiger partial charge in [-0.05, 0) is 27.2 Å². The van der Waals surface area contributed by atoms with Crippen LogP contribution in [0.2, 0.25) is 0 Å². The molecule has 0 saturated heterocycles. The number of carbonyl (C=O) groups is 1. The van der Waals surface area contributed by atoms with Crippen molar-refractivity contribution in [1.82, 2.24) is 0 Å². The molecule has 0 bridgehead atoms. The third kappa shape index (κ3) is 4.97. The van der Waals surface area contributed by atoms with Gasteiger partial charge >= 0.3 is 30.1 Å². The Morgan fingerprint density at radius 3 is 1.47 bits per heavy atom. The van der Waals surface area contributed by atoms with Crippen LogP contribution in [0.4, 0.5) is 39.5 Å². The first-order chi connectivity index (χ1) is 13.1. The summed E-state index contributed by atoms with van der Waals surface area (Å²) in [6.45, 7) is 3.97. The molecule has 180 valence electrons. The molecule has 0 aromatic heterocycles. The SMILES string of the molecule is CCC(C)(C(=O)OC(C)(C)C(OC(OC)C(C)C)(C(F)(F)F)C(F)(F)F)C(F)(F)F. The van der Waals surface area contributed by atoms with Gasteiger partial charge in [0.25, 0.3) is 0 Å². The van der Waals surface area contributed by atoms with E-state index in [0.717, 1.165) is 14.0 Å². The van der Waals surface area contributed by atoms with Crippen LogP contribution < -0.4 is 0 Å². The second kappa shape index (κ2) is 8.71. The standard InChI is InChI=1S/C17H25F9O4/c1-8-13(6,15(18,19)20)11(27)30-12(4,5)14(16(21,22)23,17(24,25)26)29-10(28-7)9(2)3/h9-10H,8H2,1-7H3. The van der Waals surface area contributed by atoms with Gasteiger partial charge in [-0.15, -0.1) is 0 Å². The Bertz CT molecular complexity index is 580. The van der Waals surface area contributed by atoms with Crippen molar-refractivity contribution >= 4 is 5.97 Å². The summed E-state index contributed by atoms with van der Waals surface area (Å²) < 4.78 is 136. The molecule has 0 aliphatic rings. The summed E-state index contributed by atoms with van der Waals surface area (Å²) in [5, 5.41) is 0. The van der Waals surface area contributed by atoms with Crippen molar-refractivity contribution in [1.29, 1.82) is 0 Å². The van der Waals surface area contributed by atoms with Crippen LogP contribution in [-0.4, -0.2) is 49.1 Å². The number of hydrogen-bond acceptors (Lipinski definition) is 4. The Kier molecular flexibility index (Phi) is 8.35. The van der Waals surface area contributed by atoms with Gasteiger partial charge in [-0.1, -0.05) is 20.8 Å². The van der Waals surface area contributed by atoms with Gasteiger partial charge in [-0.25, -0.2) is 0 Å². The van der Waals surface area contributed by atoms with E-state index in [4.69, 9.17) is 0 Å². The van der Waals surface area contributed by atoms with E-state index in [1.807, 2.05) is 0 Å². The van der Waals surface area contributed by atoms with Crippen molar-refractivity contribution in [2.45, 2.75) is 84.0 Å². The Balaban J connectivity index is 6.71. The van der Waals surface area contributed by atoms with Crippen molar-refractivity contribution in [2.24, 2.45) is 11.3 Å². The number of halogens is 9. The quantitative estimate of drug-likeness (QED) is 0.259. The summed E-state index contributed by atoms with van der Waals surface area (Å²) in [7, 11) is 0.791. The van der Waals surface area contributed by atoms with E-state index in [9.17, 15) is 44.3 Å². The Labute approximate surface area is 168 Å². The highest BCUT2D eigenvalue weighted by Crippen LogP contribution is 2.55. The normalized spacial score (nSPS) is 17.6. The molecule has 0 saturated carbocycles. The van der Waals surface area contributed by atoms with Crippen LogP contribution in [0.1, 0.15) is 48.0 Å². The Hall–Kier alpha value is -1.24. The molecule has 13 heteroatoms. The zero-order chi connectivity index (χ0) is 24.6. The van der Waals surface area contributed by atoms with Gasteiger partial charge in [0.2, 0.25) is 0 Å². The van der Waals surface area contributed by atoms with Crippen LogP contribution >= 0.6 is 0 Å². The maximum absolute atomic E-state index is 13.9. The van der Waals surface area contributed by atoms with E-state index in [0.29, 0.717) is 6.92 Å². The van der Waals surface area contributed by atoms with Crippen molar-refractivity contribution in [3.63, 3.8) is 0 Å². The molecule has 0 aliphatic heterocycles. The summed E-state index contributed by atoms with van der Waals surface area (Å²) in [4.78, 5) is 12.2. The van der Waals surface area contributed by atoms with Crippen LogP contribution in [0.5, 0.6) is 0 Å². The second-order valence-electron chi connectivity index (χ2n) is 7.73. The van der Waals surface area contributed by atoms with Crippen LogP contribution in [0.3, 0.4) is 0 Å². The molecule has 0 rings (SSSR count). The number of rotatable bonds is 8. The molecule has 0 radical (unpaired) electrons. The number of alkyl halides is 9.